The van der Waals surface area contributed by atoms with Crippen molar-refractivity contribution >= 4 is 5.78 Å². The first-order chi connectivity index (χ1) is 20.5. The van der Waals surface area contributed by atoms with Crippen LogP contribution >= 0.6 is 0 Å². The summed E-state index contributed by atoms with van der Waals surface area (Å²) in [7, 11) is 2.19. The van der Waals surface area contributed by atoms with Gasteiger partial charge in [-0.15, -0.1) is 0 Å². The quantitative estimate of drug-likeness (QED) is 0.524. The highest BCUT2D eigenvalue weighted by Crippen LogP contribution is 2.49. The van der Waals surface area contributed by atoms with Gasteiger partial charge in [-0.05, 0) is 71.9 Å². The molecule has 10 heteroatoms. The highest BCUT2D eigenvalue weighted by molar-refractivity contribution is 5.91. The molecule has 0 N–H and O–H groups in total. The Morgan fingerprint density at radius 2 is 1.90 bits per heavy atom. The van der Waals surface area contributed by atoms with Crippen LogP contribution in [0.5, 0.6) is 5.88 Å². The molecule has 2 aromatic heterocycles. The zero-order valence-corrected chi connectivity index (χ0v) is 25.0. The van der Waals surface area contributed by atoms with E-state index < -0.39 is 5.41 Å². The Hall–Kier alpha value is -2.40. The number of likely N-dealkylation sites (tertiary alicyclic amines) is 1. The lowest BCUT2D eigenvalue weighted by atomic mass is 9.64. The Morgan fingerprint density at radius 1 is 1.02 bits per heavy atom. The van der Waals surface area contributed by atoms with E-state index >= 15 is 0 Å². The minimum atomic E-state index is -0.530. The molecule has 2 spiro atoms. The fraction of sp³-hybridized carbons (Fsp3) is 0.750. The van der Waals surface area contributed by atoms with E-state index in [9.17, 15) is 4.79 Å². The molecule has 6 heterocycles. The lowest BCUT2D eigenvalue weighted by Crippen LogP contribution is -2.56. The largest absolute Gasteiger partial charge is 0.473 e. The van der Waals surface area contributed by atoms with Gasteiger partial charge in [-0.25, -0.2) is 4.98 Å². The Labute approximate surface area is 247 Å². The van der Waals surface area contributed by atoms with E-state index in [0.717, 1.165) is 113 Å². The van der Waals surface area contributed by atoms with Gasteiger partial charge in [0.2, 0.25) is 5.88 Å². The summed E-state index contributed by atoms with van der Waals surface area (Å²) in [5.74, 6) is 2.31. The molecule has 4 atom stereocenters. The van der Waals surface area contributed by atoms with Gasteiger partial charge < -0.3 is 18.7 Å². The molecule has 1 saturated carbocycles. The van der Waals surface area contributed by atoms with Gasteiger partial charge in [0, 0.05) is 37.7 Å². The van der Waals surface area contributed by atoms with Crippen LogP contribution in [0.1, 0.15) is 87.3 Å². The Bertz CT molecular complexity index is 1370. The monoisotopic (exact) mass is 577 g/mol. The molecule has 0 amide bonds. The van der Waals surface area contributed by atoms with Gasteiger partial charge in [0.1, 0.15) is 11.9 Å². The van der Waals surface area contributed by atoms with Crippen LogP contribution in [0.2, 0.25) is 0 Å². The third-order valence-electron chi connectivity index (χ3n) is 11.3. The predicted molar refractivity (Wildman–Crippen MR) is 153 cm³/mol. The van der Waals surface area contributed by atoms with E-state index in [2.05, 4.69) is 28.9 Å². The summed E-state index contributed by atoms with van der Waals surface area (Å²) in [6, 6.07) is 0.743. The number of hydrogen-bond donors (Lipinski definition) is 0. The summed E-state index contributed by atoms with van der Waals surface area (Å²) >= 11 is 0. The molecule has 6 aliphatic rings. The SMILES string of the molecule is C[C@H](Oc1nc(-c2noc3c2CCC[C@@]32CCCCC2=O)nc2c1CN(C1COC1)C[C@]21CCOC1)[C@@H]1CCCN1C. The van der Waals surface area contributed by atoms with Crippen molar-refractivity contribution in [3.63, 3.8) is 0 Å². The molecule has 0 radical (unpaired) electrons. The molecule has 4 aliphatic heterocycles. The van der Waals surface area contributed by atoms with Crippen LogP contribution in [-0.2, 0) is 38.1 Å². The first-order valence-electron chi connectivity index (χ1n) is 16.2. The van der Waals surface area contributed by atoms with Crippen LogP contribution in [0.3, 0.4) is 0 Å². The topological polar surface area (TPSA) is 103 Å². The van der Waals surface area contributed by atoms with E-state index in [1.54, 1.807) is 0 Å². The number of carbonyl (C=O) groups is 1. The summed E-state index contributed by atoms with van der Waals surface area (Å²) < 4.78 is 24.6. The molecular formula is C32H43N5O5. The summed E-state index contributed by atoms with van der Waals surface area (Å²) in [6.45, 7) is 7.76. The zero-order chi connectivity index (χ0) is 28.5. The molecule has 4 fully saturated rings. The number of ether oxygens (including phenoxy) is 3. The van der Waals surface area contributed by atoms with Crippen molar-refractivity contribution < 1.29 is 23.5 Å². The van der Waals surface area contributed by atoms with Gasteiger partial charge in [-0.1, -0.05) is 11.6 Å². The molecule has 226 valence electrons. The van der Waals surface area contributed by atoms with Crippen molar-refractivity contribution in [2.75, 3.05) is 46.6 Å². The third kappa shape index (κ3) is 4.19. The van der Waals surface area contributed by atoms with Gasteiger partial charge in [0.25, 0.3) is 0 Å². The highest BCUT2D eigenvalue weighted by Gasteiger charge is 2.51. The van der Waals surface area contributed by atoms with Gasteiger partial charge in [-0.2, -0.15) is 4.98 Å². The predicted octanol–water partition coefficient (Wildman–Crippen LogP) is 3.58. The third-order valence-corrected chi connectivity index (χ3v) is 11.3. The normalized spacial score (nSPS) is 32.7. The first kappa shape index (κ1) is 27.2. The van der Waals surface area contributed by atoms with Crippen LogP contribution in [-0.4, -0.2) is 95.5 Å². The maximum Gasteiger partial charge on any atom is 0.222 e. The second-order valence-electron chi connectivity index (χ2n) is 13.8. The molecule has 0 aromatic carbocycles. The Kier molecular flexibility index (Phi) is 6.70. The summed E-state index contributed by atoms with van der Waals surface area (Å²) in [5, 5.41) is 4.62. The van der Waals surface area contributed by atoms with Gasteiger partial charge in [-0.3, -0.25) is 14.6 Å². The average molecular weight is 578 g/mol. The molecule has 0 bridgehead atoms. The lowest BCUT2D eigenvalue weighted by Gasteiger charge is -2.46. The standard InChI is InChI=1S/C32H43N5O5/c1-20(24-8-6-13-36(24)2)41-30-23-15-37(21-16-40-17-21)18-31(12-14-39-19-31)27(23)33-29(34-30)26-22-7-5-11-32(28(22)42-35-26)10-4-3-9-25(32)38/h20-21,24H,3-19H2,1-2H3/t20-,24-,31-,32+/m0/s1. The minimum Gasteiger partial charge on any atom is -0.473 e. The summed E-state index contributed by atoms with van der Waals surface area (Å²) in [4.78, 5) is 28.7. The number of hydrogen-bond acceptors (Lipinski definition) is 10. The summed E-state index contributed by atoms with van der Waals surface area (Å²) in [6.07, 6.45) is 9.31. The molecule has 42 heavy (non-hydrogen) atoms. The number of Topliss-reactive ketones (excluding diaryl/α,β-unsaturated/α-hetero) is 1. The van der Waals surface area contributed by atoms with Crippen LogP contribution in [0.15, 0.2) is 4.52 Å². The molecule has 0 unspecified atom stereocenters. The average Bonchev–Trinajstić information content (AvgIpc) is 3.71. The van der Waals surface area contributed by atoms with Gasteiger partial charge in [0.15, 0.2) is 17.3 Å². The first-order valence-corrected chi connectivity index (χ1v) is 16.2. The van der Waals surface area contributed by atoms with Crippen molar-refractivity contribution in [2.24, 2.45) is 0 Å². The molecule has 2 aliphatic carbocycles. The second-order valence-corrected chi connectivity index (χ2v) is 13.8. The van der Waals surface area contributed by atoms with E-state index in [4.69, 9.17) is 28.7 Å². The maximum absolute atomic E-state index is 13.3. The van der Waals surface area contributed by atoms with Crippen molar-refractivity contribution in [2.45, 2.75) is 107 Å². The zero-order valence-electron chi connectivity index (χ0n) is 25.0. The fourth-order valence-electron chi connectivity index (χ4n) is 8.73. The molecule has 3 saturated heterocycles. The van der Waals surface area contributed by atoms with E-state index in [1.807, 2.05) is 0 Å². The van der Waals surface area contributed by atoms with E-state index in [-0.39, 0.29) is 11.5 Å². The van der Waals surface area contributed by atoms with Crippen molar-refractivity contribution in [3.05, 3.63) is 22.6 Å². The number of carbonyl (C=O) groups excluding carboxylic acids is 1. The highest BCUT2D eigenvalue weighted by atomic mass is 16.5. The smallest absolute Gasteiger partial charge is 0.222 e. The Balaban J connectivity index is 1.25. The van der Waals surface area contributed by atoms with Gasteiger partial charge in [0.05, 0.1) is 47.9 Å². The second kappa shape index (κ2) is 10.4. The van der Waals surface area contributed by atoms with Crippen LogP contribution < -0.4 is 4.74 Å². The fourth-order valence-corrected chi connectivity index (χ4v) is 8.73. The van der Waals surface area contributed by atoms with Crippen LogP contribution in [0.25, 0.3) is 11.5 Å². The molecular weight excluding hydrogens is 534 g/mol. The van der Waals surface area contributed by atoms with Crippen LogP contribution in [0, 0.1) is 0 Å². The number of likely N-dealkylation sites (N-methyl/N-ethyl adjacent to an activating group) is 1. The van der Waals surface area contributed by atoms with Crippen molar-refractivity contribution in [1.82, 2.24) is 24.9 Å². The number of nitrogens with zero attached hydrogens (tertiary/aromatic N) is 5. The van der Waals surface area contributed by atoms with E-state index in [0.29, 0.717) is 48.3 Å². The van der Waals surface area contributed by atoms with Crippen molar-refractivity contribution in [1.29, 1.82) is 0 Å². The van der Waals surface area contributed by atoms with Crippen molar-refractivity contribution in [3.8, 4) is 17.4 Å². The van der Waals surface area contributed by atoms with Gasteiger partial charge >= 0.3 is 0 Å². The Morgan fingerprint density at radius 3 is 2.64 bits per heavy atom. The minimum absolute atomic E-state index is 0.0168. The number of rotatable bonds is 5. The molecule has 8 rings (SSSR count). The number of aromatic nitrogens is 3. The molecule has 10 nitrogen and oxygen atoms in total. The summed E-state index contributed by atoms with van der Waals surface area (Å²) in [5.41, 5.74) is 3.07. The maximum atomic E-state index is 13.3. The number of fused-ring (bicyclic) bond motifs is 4. The molecule has 2 aromatic rings. The number of ketones is 1. The van der Waals surface area contributed by atoms with Crippen LogP contribution in [0.4, 0.5) is 0 Å². The van der Waals surface area contributed by atoms with E-state index in [1.165, 1.54) is 6.42 Å². The lowest BCUT2D eigenvalue weighted by molar-refractivity contribution is -0.128.